The van der Waals surface area contributed by atoms with Crippen LogP contribution in [0.3, 0.4) is 0 Å². The lowest BCUT2D eigenvalue weighted by molar-refractivity contribution is 0.410. The summed E-state index contributed by atoms with van der Waals surface area (Å²) in [5.41, 5.74) is 6.29. The molecule has 0 atom stereocenters. The van der Waals surface area contributed by atoms with Crippen LogP contribution < -0.4 is 10.5 Å². The summed E-state index contributed by atoms with van der Waals surface area (Å²) < 4.78 is 7.09. The van der Waals surface area contributed by atoms with Crippen molar-refractivity contribution in [3.05, 3.63) is 23.9 Å². The molecule has 2 aromatic rings. The number of nitrogen functional groups attached to an aromatic ring is 1. The van der Waals surface area contributed by atoms with Gasteiger partial charge >= 0.3 is 0 Å². The number of nitrogens with two attached hydrogens (primary N) is 1. The summed E-state index contributed by atoms with van der Waals surface area (Å²) >= 11 is 0. The van der Waals surface area contributed by atoms with Crippen LogP contribution in [0, 0.1) is 6.92 Å². The molecule has 0 saturated heterocycles. The summed E-state index contributed by atoms with van der Waals surface area (Å²) in [4.78, 5) is 0. The quantitative estimate of drug-likeness (QED) is 0.787. The van der Waals surface area contributed by atoms with Crippen LogP contribution in [0.4, 0.5) is 5.82 Å². The monoisotopic (exact) mass is 205 g/mol. The van der Waals surface area contributed by atoms with Gasteiger partial charge in [0.15, 0.2) is 0 Å². The molecule has 0 fully saturated rings. The van der Waals surface area contributed by atoms with Crippen molar-refractivity contribution in [2.45, 2.75) is 6.92 Å². The third-order valence-electron chi connectivity index (χ3n) is 1.83. The van der Waals surface area contributed by atoms with Gasteiger partial charge in [0, 0.05) is 19.2 Å². The zero-order valence-corrected chi connectivity index (χ0v) is 8.51. The van der Waals surface area contributed by atoms with Gasteiger partial charge in [-0.2, -0.15) is 5.10 Å². The Morgan fingerprint density at radius 1 is 1.33 bits per heavy atom. The minimum absolute atomic E-state index is 0.364. The standard InChI is InChI=1S/C9H11N5O/c1-6-5-9(14(2)13-6)15-8-4-3-7(10)11-12-8/h3-5H,1-2H3,(H2,10,11). The van der Waals surface area contributed by atoms with E-state index in [1.54, 1.807) is 23.9 Å². The first-order chi connectivity index (χ1) is 7.15. The Hall–Kier alpha value is -2.11. The first kappa shape index (κ1) is 9.45. The summed E-state index contributed by atoms with van der Waals surface area (Å²) in [7, 11) is 1.80. The van der Waals surface area contributed by atoms with Crippen LogP contribution in [-0.2, 0) is 7.05 Å². The Bertz CT molecular complexity index is 462. The third-order valence-corrected chi connectivity index (χ3v) is 1.83. The molecule has 0 aliphatic carbocycles. The van der Waals surface area contributed by atoms with Crippen molar-refractivity contribution in [1.29, 1.82) is 0 Å². The van der Waals surface area contributed by atoms with Crippen LogP contribution in [0.2, 0.25) is 0 Å². The van der Waals surface area contributed by atoms with E-state index in [9.17, 15) is 0 Å². The lowest BCUT2D eigenvalue weighted by Gasteiger charge is -2.02. The van der Waals surface area contributed by atoms with E-state index in [4.69, 9.17) is 10.5 Å². The maximum Gasteiger partial charge on any atom is 0.240 e. The van der Waals surface area contributed by atoms with E-state index in [1.165, 1.54) is 0 Å². The molecular formula is C9H11N5O. The molecule has 0 unspecified atom stereocenters. The van der Waals surface area contributed by atoms with Crippen molar-refractivity contribution in [3.63, 3.8) is 0 Å². The molecule has 0 spiro atoms. The summed E-state index contributed by atoms with van der Waals surface area (Å²) in [6, 6.07) is 5.11. The SMILES string of the molecule is Cc1cc(Oc2ccc(N)nn2)n(C)n1. The molecule has 0 aliphatic heterocycles. The first-order valence-electron chi connectivity index (χ1n) is 4.43. The second-order valence-corrected chi connectivity index (χ2v) is 3.15. The number of aryl methyl sites for hydroxylation is 2. The van der Waals surface area contributed by atoms with Crippen molar-refractivity contribution < 1.29 is 4.74 Å². The van der Waals surface area contributed by atoms with Gasteiger partial charge in [0.25, 0.3) is 0 Å². The highest BCUT2D eigenvalue weighted by Crippen LogP contribution is 2.18. The van der Waals surface area contributed by atoms with Crippen LogP contribution in [0.1, 0.15) is 5.69 Å². The summed E-state index contributed by atoms with van der Waals surface area (Å²) in [6.45, 7) is 1.89. The van der Waals surface area contributed by atoms with Gasteiger partial charge in [-0.15, -0.1) is 10.2 Å². The van der Waals surface area contributed by atoms with E-state index in [0.29, 0.717) is 17.6 Å². The van der Waals surface area contributed by atoms with Crippen LogP contribution >= 0.6 is 0 Å². The van der Waals surface area contributed by atoms with Gasteiger partial charge in [0.2, 0.25) is 11.8 Å². The molecule has 6 nitrogen and oxygen atoms in total. The molecular weight excluding hydrogens is 194 g/mol. The molecule has 2 rings (SSSR count). The van der Waals surface area contributed by atoms with Gasteiger partial charge in [-0.25, -0.2) is 4.68 Å². The molecule has 2 heterocycles. The van der Waals surface area contributed by atoms with E-state index in [1.807, 2.05) is 13.0 Å². The van der Waals surface area contributed by atoms with Crippen LogP contribution in [0.25, 0.3) is 0 Å². The molecule has 2 N–H and O–H groups in total. The van der Waals surface area contributed by atoms with E-state index < -0.39 is 0 Å². The van der Waals surface area contributed by atoms with Gasteiger partial charge in [0.05, 0.1) is 5.69 Å². The minimum atomic E-state index is 0.364. The second-order valence-electron chi connectivity index (χ2n) is 3.15. The van der Waals surface area contributed by atoms with Crippen molar-refractivity contribution in [3.8, 4) is 11.8 Å². The minimum Gasteiger partial charge on any atom is -0.419 e. The highest BCUT2D eigenvalue weighted by Gasteiger charge is 2.05. The number of aromatic nitrogens is 4. The number of hydrogen-bond acceptors (Lipinski definition) is 5. The Morgan fingerprint density at radius 2 is 2.13 bits per heavy atom. The van der Waals surface area contributed by atoms with Gasteiger partial charge in [-0.1, -0.05) is 0 Å². The van der Waals surface area contributed by atoms with Gasteiger partial charge in [-0.3, -0.25) is 0 Å². The van der Waals surface area contributed by atoms with Crippen LogP contribution in [-0.4, -0.2) is 20.0 Å². The molecule has 0 amide bonds. The molecule has 0 bridgehead atoms. The Morgan fingerprint density at radius 3 is 2.67 bits per heavy atom. The predicted molar refractivity (Wildman–Crippen MR) is 54.5 cm³/mol. The maximum absolute atomic E-state index is 5.46. The first-order valence-corrected chi connectivity index (χ1v) is 4.43. The average Bonchev–Trinajstić information content (AvgIpc) is 2.49. The van der Waals surface area contributed by atoms with Crippen LogP contribution in [0.15, 0.2) is 18.2 Å². The molecule has 0 aromatic carbocycles. The summed E-state index contributed by atoms with van der Waals surface area (Å²) in [5, 5.41) is 11.6. The third kappa shape index (κ3) is 2.04. The van der Waals surface area contributed by atoms with Crippen molar-refractivity contribution in [1.82, 2.24) is 20.0 Å². The highest BCUT2D eigenvalue weighted by molar-refractivity contribution is 5.29. The smallest absolute Gasteiger partial charge is 0.240 e. The number of nitrogens with zero attached hydrogens (tertiary/aromatic N) is 4. The maximum atomic E-state index is 5.46. The second kappa shape index (κ2) is 3.56. The molecule has 2 aromatic heterocycles. The molecule has 6 heteroatoms. The number of anilines is 1. The zero-order valence-electron chi connectivity index (χ0n) is 8.51. The Balaban J connectivity index is 2.21. The molecule has 0 saturated carbocycles. The number of rotatable bonds is 2. The van der Waals surface area contributed by atoms with Crippen molar-refractivity contribution in [2.24, 2.45) is 7.05 Å². The molecule has 0 aliphatic rings. The summed E-state index contributed by atoms with van der Waals surface area (Å²) in [5.74, 6) is 1.38. The lowest BCUT2D eigenvalue weighted by atomic mass is 10.5. The van der Waals surface area contributed by atoms with Gasteiger partial charge in [-0.05, 0) is 13.0 Å². The molecule has 0 radical (unpaired) electrons. The fraction of sp³-hybridized carbons (Fsp3) is 0.222. The van der Waals surface area contributed by atoms with E-state index in [2.05, 4.69) is 15.3 Å². The van der Waals surface area contributed by atoms with Crippen molar-refractivity contribution >= 4 is 5.82 Å². The largest absolute Gasteiger partial charge is 0.419 e. The van der Waals surface area contributed by atoms with E-state index >= 15 is 0 Å². The summed E-state index contributed by atoms with van der Waals surface area (Å²) in [6.07, 6.45) is 0. The Labute approximate surface area is 86.7 Å². The fourth-order valence-electron chi connectivity index (χ4n) is 1.17. The normalized spacial score (nSPS) is 10.3. The Kier molecular flexibility index (Phi) is 2.24. The molecule has 15 heavy (non-hydrogen) atoms. The van der Waals surface area contributed by atoms with Gasteiger partial charge in [0.1, 0.15) is 5.82 Å². The number of hydrogen-bond donors (Lipinski definition) is 1. The lowest BCUT2D eigenvalue weighted by Crippen LogP contribution is -1.98. The van der Waals surface area contributed by atoms with Crippen LogP contribution in [0.5, 0.6) is 11.8 Å². The highest BCUT2D eigenvalue weighted by atomic mass is 16.5. The predicted octanol–water partition coefficient (Wildman–Crippen LogP) is 0.893. The zero-order chi connectivity index (χ0) is 10.8. The van der Waals surface area contributed by atoms with E-state index in [0.717, 1.165) is 5.69 Å². The fourth-order valence-corrected chi connectivity index (χ4v) is 1.17. The average molecular weight is 205 g/mol. The molecule has 78 valence electrons. The van der Waals surface area contributed by atoms with E-state index in [-0.39, 0.29) is 0 Å². The number of ether oxygens (including phenoxy) is 1. The van der Waals surface area contributed by atoms with Crippen molar-refractivity contribution in [2.75, 3.05) is 5.73 Å². The van der Waals surface area contributed by atoms with Gasteiger partial charge < -0.3 is 10.5 Å². The topological polar surface area (TPSA) is 78.9 Å².